The maximum absolute atomic E-state index is 16.4. The minimum Gasteiger partial charge on any atom is -0.453 e. The zero-order chi connectivity index (χ0) is 37.1. The van der Waals surface area contributed by atoms with E-state index in [9.17, 15) is 9.59 Å². The van der Waals surface area contributed by atoms with Crippen LogP contribution < -0.4 is 5.32 Å². The summed E-state index contributed by atoms with van der Waals surface area (Å²) in [6, 6.07) is 19.9. The van der Waals surface area contributed by atoms with Gasteiger partial charge in [0.15, 0.2) is 0 Å². The molecule has 2 amide bonds. The van der Waals surface area contributed by atoms with Gasteiger partial charge in [-0.05, 0) is 139 Å². The number of carbonyl (C=O) groups excluding carboxylic acids is 2. The number of methoxy groups -OCH3 is 1. The number of imidazole rings is 1. The lowest BCUT2D eigenvalue weighted by atomic mass is 9.95. The predicted molar refractivity (Wildman–Crippen MR) is 203 cm³/mol. The highest BCUT2D eigenvalue weighted by molar-refractivity contribution is 5.88. The minimum atomic E-state index is -3.14. The number of fused-ring (bicyclic) bond motifs is 6. The Hall–Kier alpha value is -4.99. The summed E-state index contributed by atoms with van der Waals surface area (Å²) in [5, 5.41) is 2.74. The second-order valence-electron chi connectivity index (χ2n) is 17.0. The number of carbonyl (C=O) groups is 2. The number of halogens is 2. The molecule has 1 aliphatic heterocycles. The van der Waals surface area contributed by atoms with Crippen molar-refractivity contribution in [1.82, 2.24) is 25.2 Å². The van der Waals surface area contributed by atoms with Crippen LogP contribution in [0.3, 0.4) is 0 Å². The first-order valence-corrected chi connectivity index (χ1v) is 19.6. The number of H-pyrrole nitrogens is 2. The van der Waals surface area contributed by atoms with Crippen molar-refractivity contribution < 1.29 is 23.1 Å². The Labute approximate surface area is 313 Å². The Morgan fingerprint density at radius 1 is 0.889 bits per heavy atom. The van der Waals surface area contributed by atoms with Crippen molar-refractivity contribution in [3.05, 3.63) is 89.4 Å². The molecule has 5 aromatic rings. The summed E-state index contributed by atoms with van der Waals surface area (Å²) >= 11 is 0. The van der Waals surface area contributed by atoms with Gasteiger partial charge in [-0.1, -0.05) is 44.2 Å². The van der Waals surface area contributed by atoms with Crippen molar-refractivity contribution in [3.8, 4) is 33.5 Å². The monoisotopic (exact) mass is 729 g/mol. The molecule has 3 N–H and O–H groups in total. The zero-order valence-electron chi connectivity index (χ0n) is 30.8. The van der Waals surface area contributed by atoms with Crippen LogP contribution in [0.1, 0.15) is 99.8 Å². The van der Waals surface area contributed by atoms with Crippen LogP contribution in [0.15, 0.2) is 66.7 Å². The average Bonchev–Trinajstić information content (AvgIpc) is 3.83. The summed E-state index contributed by atoms with van der Waals surface area (Å²) in [5.74, 6) is -1.91. The quantitative estimate of drug-likeness (QED) is 0.155. The number of ether oxygens (including phenoxy) is 1. The molecule has 1 saturated heterocycles. The number of nitrogens with zero attached hydrogens (tertiary/aromatic N) is 2. The van der Waals surface area contributed by atoms with E-state index in [2.05, 4.69) is 21.4 Å². The number of rotatable bonds is 7. The minimum absolute atomic E-state index is 0.0156. The molecule has 4 fully saturated rings. The summed E-state index contributed by atoms with van der Waals surface area (Å²) in [7, 11) is 1.29. The Morgan fingerprint density at radius 2 is 1.61 bits per heavy atom. The normalized spacial score (nSPS) is 24.7. The van der Waals surface area contributed by atoms with Gasteiger partial charge in [-0.3, -0.25) is 4.79 Å². The molecule has 0 radical (unpaired) electrons. The largest absolute Gasteiger partial charge is 0.453 e. The van der Waals surface area contributed by atoms with E-state index in [0.717, 1.165) is 47.1 Å². The number of alkyl halides is 2. The van der Waals surface area contributed by atoms with Gasteiger partial charge >= 0.3 is 6.09 Å². The third kappa shape index (κ3) is 5.22. The lowest BCUT2D eigenvalue weighted by Gasteiger charge is -2.37. The SMILES string of the molecule is COC(=O)N[C@H](C(=O)N1[C@@H]2CC[C@@H](C2)[C@H]1c1nc2ccc(-c3ccc4c(c3)C(F)(F)c3cc(-c5ccc([C@H]6CCC7(CC7)C6)[nH]5)ccc3-4)cc2[nH]1)C(C)C. The first kappa shape index (κ1) is 33.6. The van der Waals surface area contributed by atoms with Crippen molar-refractivity contribution in [3.63, 3.8) is 0 Å². The van der Waals surface area contributed by atoms with E-state index in [-0.39, 0.29) is 41.0 Å². The van der Waals surface area contributed by atoms with Gasteiger partial charge in [0.1, 0.15) is 11.9 Å². The van der Waals surface area contributed by atoms with Gasteiger partial charge in [0, 0.05) is 28.6 Å². The molecule has 2 aromatic heterocycles. The number of nitrogens with one attached hydrogen (secondary N) is 3. The maximum Gasteiger partial charge on any atom is 0.407 e. The van der Waals surface area contributed by atoms with E-state index in [4.69, 9.17) is 9.72 Å². The molecule has 3 aromatic carbocycles. The molecule has 1 spiro atoms. The fourth-order valence-electron chi connectivity index (χ4n) is 10.4. The van der Waals surface area contributed by atoms with E-state index in [1.165, 1.54) is 44.9 Å². The molecule has 8 nitrogen and oxygen atoms in total. The van der Waals surface area contributed by atoms with Crippen molar-refractivity contribution >= 4 is 23.0 Å². The van der Waals surface area contributed by atoms with Gasteiger partial charge in [-0.15, -0.1) is 0 Å². The first-order chi connectivity index (χ1) is 26.0. The fourth-order valence-corrected chi connectivity index (χ4v) is 10.4. The average molecular weight is 730 g/mol. The Bertz CT molecular complexity index is 2340. The standard InChI is InChI=1S/C44H45F2N5O3/c1-23(2)38(50-42(53)54-3)41(52)51-29-8-4-27(18-29)39(51)40-48-36-11-7-25(21-37(36)49-40)24-5-9-30-31-10-6-26(20-33(31)44(45,46)32(30)19-24)34-12-13-35(47-34)28-14-15-43(22-28)16-17-43/h5-7,9-13,19-21,23,27-29,38-39,47H,4,8,14-18,22H2,1-3H3,(H,48,49)(H,50,53)/t27-,28-,29+,38-,39-/m0/s1. The number of benzene rings is 3. The highest BCUT2D eigenvalue weighted by atomic mass is 19.3. The van der Waals surface area contributed by atoms with Crippen molar-refractivity contribution in [1.29, 1.82) is 0 Å². The number of piperidine rings is 1. The molecule has 5 atom stereocenters. The van der Waals surface area contributed by atoms with E-state index in [0.29, 0.717) is 33.8 Å². The maximum atomic E-state index is 16.4. The number of alkyl carbamates (subject to hydrolysis) is 1. The molecule has 0 unspecified atom stereocenters. The second-order valence-corrected chi connectivity index (χ2v) is 17.0. The highest BCUT2D eigenvalue weighted by Crippen LogP contribution is 2.62. The van der Waals surface area contributed by atoms with Gasteiger partial charge in [-0.25, -0.2) is 9.78 Å². The van der Waals surface area contributed by atoms with Crippen LogP contribution in [0.4, 0.5) is 13.6 Å². The Balaban J connectivity index is 0.921. The Kier molecular flexibility index (Phi) is 7.46. The van der Waals surface area contributed by atoms with Crippen LogP contribution in [0, 0.1) is 17.3 Å². The fraction of sp³-hybridized carbons (Fsp3) is 0.432. The molecule has 10 heteroatoms. The third-order valence-electron chi connectivity index (χ3n) is 13.5. The van der Waals surface area contributed by atoms with E-state index >= 15 is 8.78 Å². The van der Waals surface area contributed by atoms with Crippen LogP contribution in [0.5, 0.6) is 0 Å². The third-order valence-corrected chi connectivity index (χ3v) is 13.5. The predicted octanol–water partition coefficient (Wildman–Crippen LogP) is 9.83. The van der Waals surface area contributed by atoms with Gasteiger partial charge < -0.3 is 24.9 Å². The summed E-state index contributed by atoms with van der Waals surface area (Å²) in [5.41, 5.74) is 7.69. The molecule has 4 aliphatic carbocycles. The van der Waals surface area contributed by atoms with Crippen molar-refractivity contribution in [2.45, 2.75) is 95.2 Å². The topological polar surface area (TPSA) is 103 Å². The molecule has 2 bridgehead atoms. The summed E-state index contributed by atoms with van der Waals surface area (Å²) in [4.78, 5) is 40.1. The van der Waals surface area contributed by atoms with Crippen LogP contribution in [0.2, 0.25) is 0 Å². The van der Waals surface area contributed by atoms with E-state index in [1.807, 2.05) is 67.3 Å². The Morgan fingerprint density at radius 3 is 2.33 bits per heavy atom. The molecule has 3 saturated carbocycles. The highest BCUT2D eigenvalue weighted by Gasteiger charge is 2.52. The zero-order valence-corrected chi connectivity index (χ0v) is 30.8. The lowest BCUT2D eigenvalue weighted by molar-refractivity contribution is -0.139. The van der Waals surface area contributed by atoms with Crippen molar-refractivity contribution in [2.75, 3.05) is 7.11 Å². The van der Waals surface area contributed by atoms with E-state index in [1.54, 1.807) is 12.1 Å². The van der Waals surface area contributed by atoms with Gasteiger partial charge in [0.05, 0.1) is 24.2 Å². The number of hydrogen-bond donors (Lipinski definition) is 3. The summed E-state index contributed by atoms with van der Waals surface area (Å²) < 4.78 is 37.6. The number of amides is 2. The second kappa shape index (κ2) is 12.0. The smallest absolute Gasteiger partial charge is 0.407 e. The van der Waals surface area contributed by atoms with E-state index < -0.39 is 18.1 Å². The molecular weight excluding hydrogens is 685 g/mol. The summed E-state index contributed by atoms with van der Waals surface area (Å²) in [6.07, 6.45) is 8.61. The summed E-state index contributed by atoms with van der Waals surface area (Å²) in [6.45, 7) is 3.82. The molecular formula is C44H45F2N5O3. The molecule has 5 aliphatic rings. The molecule has 278 valence electrons. The number of aromatic amines is 2. The van der Waals surface area contributed by atoms with Crippen LogP contribution >= 0.6 is 0 Å². The molecule has 3 heterocycles. The first-order valence-electron chi connectivity index (χ1n) is 19.6. The number of aromatic nitrogens is 3. The number of hydrogen-bond acceptors (Lipinski definition) is 4. The van der Waals surface area contributed by atoms with Crippen LogP contribution in [-0.4, -0.2) is 51.0 Å². The van der Waals surface area contributed by atoms with Gasteiger partial charge in [-0.2, -0.15) is 8.78 Å². The van der Waals surface area contributed by atoms with Crippen LogP contribution in [-0.2, 0) is 15.5 Å². The number of likely N-dealkylation sites (tertiary alicyclic amines) is 1. The van der Waals surface area contributed by atoms with Crippen molar-refractivity contribution in [2.24, 2.45) is 17.3 Å². The molecule has 54 heavy (non-hydrogen) atoms. The van der Waals surface area contributed by atoms with Gasteiger partial charge in [0.2, 0.25) is 5.91 Å². The molecule has 10 rings (SSSR count). The van der Waals surface area contributed by atoms with Gasteiger partial charge in [0.25, 0.3) is 5.92 Å². The lowest BCUT2D eigenvalue weighted by Crippen LogP contribution is -2.54. The van der Waals surface area contributed by atoms with Crippen LogP contribution in [0.25, 0.3) is 44.5 Å².